The highest BCUT2D eigenvalue weighted by molar-refractivity contribution is 5.82. The maximum absolute atomic E-state index is 13.0. The topological polar surface area (TPSA) is 55.8 Å². The summed E-state index contributed by atoms with van der Waals surface area (Å²) in [7, 11) is 1.53. The van der Waals surface area contributed by atoms with E-state index in [1.54, 1.807) is 6.07 Å². The van der Waals surface area contributed by atoms with Gasteiger partial charge in [-0.2, -0.15) is 0 Å². The van der Waals surface area contributed by atoms with Gasteiger partial charge in [-0.3, -0.25) is 4.79 Å². The molecule has 0 amide bonds. The number of methoxy groups -OCH3 is 1. The normalized spacial score (nSPS) is 13.9. The summed E-state index contributed by atoms with van der Waals surface area (Å²) in [5.41, 5.74) is 3.33. The van der Waals surface area contributed by atoms with Crippen molar-refractivity contribution in [3.05, 3.63) is 53.3 Å². The summed E-state index contributed by atoms with van der Waals surface area (Å²) in [5.74, 6) is 0.798. The zero-order chi connectivity index (χ0) is 24.6. The highest BCUT2D eigenvalue weighted by Gasteiger charge is 2.34. The van der Waals surface area contributed by atoms with E-state index in [1.165, 1.54) is 7.11 Å². The van der Waals surface area contributed by atoms with Crippen molar-refractivity contribution in [3.63, 3.8) is 0 Å². The molecule has 1 N–H and O–H groups in total. The second-order valence-electron chi connectivity index (χ2n) is 9.30. The number of carbonyl (C=O) groups excluding carboxylic acids is 1. The van der Waals surface area contributed by atoms with Crippen LogP contribution in [0.2, 0.25) is 0 Å². The molecular formula is C28H42O4. The Balaban J connectivity index is 3.56. The lowest BCUT2D eigenvalue weighted by Gasteiger charge is -2.34. The number of hydrogen-bond acceptors (Lipinski definition) is 4. The Bertz CT molecular complexity index is 855. The van der Waals surface area contributed by atoms with Gasteiger partial charge in [-0.1, -0.05) is 46.4 Å². The smallest absolute Gasteiger partial charge is 0.161 e. The van der Waals surface area contributed by atoms with Crippen molar-refractivity contribution in [2.45, 2.75) is 79.8 Å². The minimum absolute atomic E-state index is 0.111. The van der Waals surface area contributed by atoms with Crippen molar-refractivity contribution >= 4 is 11.9 Å². The van der Waals surface area contributed by atoms with Crippen molar-refractivity contribution in [1.29, 1.82) is 0 Å². The number of phenols is 1. The number of phenolic OH excluding ortho intramolecular Hbond substituents is 1. The molecule has 0 aromatic heterocycles. The molecule has 4 heteroatoms. The summed E-state index contributed by atoms with van der Waals surface area (Å²) in [6.45, 7) is 22.6. The van der Waals surface area contributed by atoms with E-state index in [0.29, 0.717) is 17.9 Å². The standard InChI is InChI=1S/C28H42O4/c1-11-14-23(24(29)13-3)27(20(6)32-28(7,8)9)19(5)21(12-2)16-22-17-26(31-10)25(30)15-18(22)4/h15-17,23,27,30H,5-6,11-14H2,1-4,7-10H3/b21-16+. The third-order valence-corrected chi connectivity index (χ3v) is 5.61. The van der Waals surface area contributed by atoms with Crippen LogP contribution in [-0.2, 0) is 9.53 Å². The second kappa shape index (κ2) is 11.9. The number of benzene rings is 1. The maximum Gasteiger partial charge on any atom is 0.161 e. The van der Waals surface area contributed by atoms with E-state index in [9.17, 15) is 9.90 Å². The molecule has 1 aromatic carbocycles. The molecule has 32 heavy (non-hydrogen) atoms. The lowest BCUT2D eigenvalue weighted by atomic mass is 9.76. The summed E-state index contributed by atoms with van der Waals surface area (Å²) in [5, 5.41) is 10.1. The number of aryl methyl sites for hydroxylation is 1. The minimum Gasteiger partial charge on any atom is -0.504 e. The predicted molar refractivity (Wildman–Crippen MR) is 134 cm³/mol. The van der Waals surface area contributed by atoms with Crippen LogP contribution in [0.1, 0.15) is 78.4 Å². The molecule has 0 radical (unpaired) electrons. The first-order chi connectivity index (χ1) is 14.9. The Labute approximate surface area is 195 Å². The van der Waals surface area contributed by atoms with Crippen LogP contribution in [0.15, 0.2) is 42.2 Å². The lowest BCUT2D eigenvalue weighted by Crippen LogP contribution is -2.31. The molecule has 0 saturated carbocycles. The van der Waals surface area contributed by atoms with Gasteiger partial charge in [-0.15, -0.1) is 0 Å². The molecule has 0 aliphatic heterocycles. The molecule has 0 fully saturated rings. The Hall–Kier alpha value is -2.49. The van der Waals surface area contributed by atoms with Crippen molar-refractivity contribution in [1.82, 2.24) is 0 Å². The Morgan fingerprint density at radius 3 is 2.25 bits per heavy atom. The quantitative estimate of drug-likeness (QED) is 0.271. The third kappa shape index (κ3) is 7.29. The Kier molecular flexibility index (Phi) is 10.3. The van der Waals surface area contributed by atoms with Gasteiger partial charge in [0.05, 0.1) is 18.8 Å². The molecular weight excluding hydrogens is 400 g/mol. The molecule has 0 heterocycles. The van der Waals surface area contributed by atoms with E-state index < -0.39 is 5.60 Å². The van der Waals surface area contributed by atoms with Crippen LogP contribution in [0, 0.1) is 18.8 Å². The molecule has 0 aliphatic carbocycles. The van der Waals surface area contributed by atoms with E-state index in [0.717, 1.165) is 41.5 Å². The van der Waals surface area contributed by atoms with E-state index in [4.69, 9.17) is 9.47 Å². The zero-order valence-electron chi connectivity index (χ0n) is 21.3. The number of aromatic hydroxyl groups is 1. The fourth-order valence-electron chi connectivity index (χ4n) is 4.02. The monoisotopic (exact) mass is 442 g/mol. The van der Waals surface area contributed by atoms with Crippen LogP contribution in [0.25, 0.3) is 6.08 Å². The summed E-state index contributed by atoms with van der Waals surface area (Å²) >= 11 is 0. The average Bonchev–Trinajstić information content (AvgIpc) is 2.70. The van der Waals surface area contributed by atoms with E-state index in [2.05, 4.69) is 33.1 Å². The number of Topliss-reactive ketones (excluding diaryl/α,β-unsaturated/α-hetero) is 1. The molecule has 0 bridgehead atoms. The van der Waals surface area contributed by atoms with Gasteiger partial charge in [0.15, 0.2) is 11.5 Å². The number of ketones is 1. The number of hydrogen-bond donors (Lipinski definition) is 1. The largest absolute Gasteiger partial charge is 0.504 e. The molecule has 0 aliphatic rings. The van der Waals surface area contributed by atoms with Crippen molar-refractivity contribution in [2.24, 2.45) is 11.8 Å². The lowest BCUT2D eigenvalue weighted by molar-refractivity contribution is -0.124. The van der Waals surface area contributed by atoms with E-state index in [1.807, 2.05) is 40.7 Å². The third-order valence-electron chi connectivity index (χ3n) is 5.61. The van der Waals surface area contributed by atoms with Gasteiger partial charge in [-0.25, -0.2) is 0 Å². The van der Waals surface area contributed by atoms with Crippen LogP contribution in [0.4, 0.5) is 0 Å². The van der Waals surface area contributed by atoms with Crippen molar-refractivity contribution < 1.29 is 19.4 Å². The van der Waals surface area contributed by atoms with Gasteiger partial charge in [-0.05, 0) is 74.9 Å². The minimum atomic E-state index is -0.418. The highest BCUT2D eigenvalue weighted by Crippen LogP contribution is 2.39. The summed E-state index contributed by atoms with van der Waals surface area (Å²) < 4.78 is 11.5. The fourth-order valence-corrected chi connectivity index (χ4v) is 4.02. The van der Waals surface area contributed by atoms with Gasteiger partial charge in [0, 0.05) is 12.3 Å². The van der Waals surface area contributed by atoms with E-state index in [-0.39, 0.29) is 23.4 Å². The first kappa shape index (κ1) is 27.5. The molecule has 1 aromatic rings. The molecule has 2 atom stereocenters. The highest BCUT2D eigenvalue weighted by atomic mass is 16.5. The Morgan fingerprint density at radius 2 is 1.78 bits per heavy atom. The molecule has 0 spiro atoms. The van der Waals surface area contributed by atoms with Gasteiger partial charge < -0.3 is 14.6 Å². The second-order valence-corrected chi connectivity index (χ2v) is 9.30. The predicted octanol–water partition coefficient (Wildman–Crippen LogP) is 7.40. The van der Waals surface area contributed by atoms with Crippen LogP contribution in [-0.4, -0.2) is 23.6 Å². The first-order valence-corrected chi connectivity index (χ1v) is 11.6. The van der Waals surface area contributed by atoms with Crippen molar-refractivity contribution in [3.8, 4) is 11.5 Å². The molecule has 178 valence electrons. The van der Waals surface area contributed by atoms with Crippen LogP contribution < -0.4 is 4.74 Å². The van der Waals surface area contributed by atoms with Crippen LogP contribution in [0.5, 0.6) is 11.5 Å². The fraction of sp³-hybridized carbons (Fsp3) is 0.536. The molecule has 4 nitrogen and oxygen atoms in total. The molecule has 1 rings (SSSR count). The van der Waals surface area contributed by atoms with Crippen molar-refractivity contribution in [2.75, 3.05) is 7.11 Å². The number of allylic oxidation sites excluding steroid dienone is 2. The summed E-state index contributed by atoms with van der Waals surface area (Å²) in [6.07, 6.45) is 4.92. The van der Waals surface area contributed by atoms with Crippen LogP contribution >= 0.6 is 0 Å². The van der Waals surface area contributed by atoms with Gasteiger partial charge in [0.25, 0.3) is 0 Å². The van der Waals surface area contributed by atoms with Gasteiger partial charge in [0.2, 0.25) is 0 Å². The number of ether oxygens (including phenoxy) is 2. The maximum atomic E-state index is 13.0. The number of rotatable bonds is 12. The SMILES string of the molecule is C=C(OC(C)(C)C)C(C(=C)/C(=C/c1cc(OC)c(O)cc1C)CC)C(CCC)C(=O)CC. The van der Waals surface area contributed by atoms with Gasteiger partial charge in [0.1, 0.15) is 11.4 Å². The van der Waals surface area contributed by atoms with Crippen LogP contribution in [0.3, 0.4) is 0 Å². The average molecular weight is 443 g/mol. The molecule has 0 saturated heterocycles. The summed E-state index contributed by atoms with van der Waals surface area (Å²) in [6, 6.07) is 3.52. The zero-order valence-corrected chi connectivity index (χ0v) is 21.3. The van der Waals surface area contributed by atoms with Gasteiger partial charge >= 0.3 is 0 Å². The first-order valence-electron chi connectivity index (χ1n) is 11.6. The number of carbonyl (C=O) groups is 1. The summed E-state index contributed by atoms with van der Waals surface area (Å²) in [4.78, 5) is 13.0. The molecule has 2 unspecified atom stereocenters. The van der Waals surface area contributed by atoms with E-state index >= 15 is 0 Å². The Morgan fingerprint density at radius 1 is 1.16 bits per heavy atom.